The molecule has 3 heterocycles. The van der Waals surface area contributed by atoms with E-state index in [1.165, 1.54) is 11.1 Å². The standard InChI is InChI=1S/C18H23N3OS.ClH/c22-17(21-11-8-18(9-12-21)7-10-19-13-18)6-5-16-20-14-3-1-2-4-15(14)23-16;/h1-4,19H,5-13H2;1H. The third kappa shape index (κ3) is 3.58. The summed E-state index contributed by atoms with van der Waals surface area (Å²) in [6, 6.07) is 8.18. The molecule has 2 aromatic rings. The van der Waals surface area contributed by atoms with E-state index >= 15 is 0 Å². The van der Waals surface area contributed by atoms with Crippen LogP contribution in [0.4, 0.5) is 0 Å². The van der Waals surface area contributed by atoms with Crippen molar-refractivity contribution < 1.29 is 4.79 Å². The summed E-state index contributed by atoms with van der Waals surface area (Å²) in [7, 11) is 0. The van der Waals surface area contributed by atoms with E-state index in [4.69, 9.17) is 0 Å². The smallest absolute Gasteiger partial charge is 0.222 e. The van der Waals surface area contributed by atoms with Crippen LogP contribution in [-0.4, -0.2) is 42.0 Å². The fraction of sp³-hybridized carbons (Fsp3) is 0.556. The van der Waals surface area contributed by atoms with Crippen molar-refractivity contribution in [1.82, 2.24) is 15.2 Å². The van der Waals surface area contributed by atoms with Crippen LogP contribution in [0.5, 0.6) is 0 Å². The third-order valence-electron chi connectivity index (χ3n) is 5.40. The second-order valence-corrected chi connectivity index (χ2v) is 8.00. The first-order valence-corrected chi connectivity index (χ1v) is 9.39. The highest BCUT2D eigenvalue weighted by Crippen LogP contribution is 2.37. The number of hydrogen-bond acceptors (Lipinski definition) is 4. The summed E-state index contributed by atoms with van der Waals surface area (Å²) in [6.45, 7) is 4.15. The average molecular weight is 366 g/mol. The van der Waals surface area contributed by atoms with Gasteiger partial charge in [-0.1, -0.05) is 12.1 Å². The number of thiazole rings is 1. The topological polar surface area (TPSA) is 45.2 Å². The Morgan fingerprint density at radius 1 is 1.25 bits per heavy atom. The van der Waals surface area contributed by atoms with E-state index in [-0.39, 0.29) is 12.4 Å². The van der Waals surface area contributed by atoms with E-state index in [1.807, 2.05) is 18.2 Å². The van der Waals surface area contributed by atoms with Crippen LogP contribution in [-0.2, 0) is 11.2 Å². The molecule has 0 bridgehead atoms. The summed E-state index contributed by atoms with van der Waals surface area (Å²) in [5.41, 5.74) is 1.53. The molecule has 0 aliphatic carbocycles. The lowest BCUT2D eigenvalue weighted by molar-refractivity contribution is -0.133. The molecule has 2 aliphatic rings. The Morgan fingerprint density at radius 3 is 2.75 bits per heavy atom. The molecule has 1 aromatic heterocycles. The number of rotatable bonds is 3. The van der Waals surface area contributed by atoms with Crippen LogP contribution in [0.3, 0.4) is 0 Å². The molecule has 2 saturated heterocycles. The number of halogens is 1. The van der Waals surface area contributed by atoms with Gasteiger partial charge in [0.25, 0.3) is 0 Å². The van der Waals surface area contributed by atoms with Gasteiger partial charge in [-0.15, -0.1) is 23.7 Å². The Kier molecular flexibility index (Phi) is 5.42. The van der Waals surface area contributed by atoms with Gasteiger partial charge in [0.1, 0.15) is 0 Å². The van der Waals surface area contributed by atoms with Gasteiger partial charge in [0.15, 0.2) is 0 Å². The van der Waals surface area contributed by atoms with Gasteiger partial charge >= 0.3 is 0 Å². The van der Waals surface area contributed by atoms with E-state index in [9.17, 15) is 4.79 Å². The SMILES string of the molecule is Cl.O=C(CCc1nc2ccccc2s1)N1CCC2(CCNC2)CC1. The largest absolute Gasteiger partial charge is 0.343 e. The van der Waals surface area contributed by atoms with Crippen molar-refractivity contribution in [1.29, 1.82) is 0 Å². The predicted molar refractivity (Wildman–Crippen MR) is 101 cm³/mol. The Bertz CT molecular complexity index is 668. The summed E-state index contributed by atoms with van der Waals surface area (Å²) < 4.78 is 1.21. The van der Waals surface area contributed by atoms with Gasteiger partial charge in [-0.2, -0.15) is 0 Å². The zero-order valence-electron chi connectivity index (χ0n) is 13.8. The Labute approximate surface area is 153 Å². The van der Waals surface area contributed by atoms with Gasteiger partial charge in [0.05, 0.1) is 15.2 Å². The highest BCUT2D eigenvalue weighted by molar-refractivity contribution is 7.18. The minimum Gasteiger partial charge on any atom is -0.343 e. The van der Waals surface area contributed by atoms with E-state index in [2.05, 4.69) is 21.3 Å². The molecule has 2 fully saturated rings. The molecule has 6 heteroatoms. The first kappa shape index (κ1) is 17.6. The van der Waals surface area contributed by atoms with E-state index in [1.54, 1.807) is 11.3 Å². The number of benzene rings is 1. The molecule has 130 valence electrons. The van der Waals surface area contributed by atoms with Gasteiger partial charge in [-0.25, -0.2) is 4.98 Å². The molecule has 0 unspecified atom stereocenters. The monoisotopic (exact) mass is 365 g/mol. The molecule has 4 nitrogen and oxygen atoms in total. The number of aromatic nitrogens is 1. The van der Waals surface area contributed by atoms with Gasteiger partial charge in [-0.05, 0) is 43.4 Å². The minimum atomic E-state index is 0. The number of nitrogens with one attached hydrogen (secondary N) is 1. The van der Waals surface area contributed by atoms with E-state index in [0.29, 0.717) is 17.7 Å². The summed E-state index contributed by atoms with van der Waals surface area (Å²) >= 11 is 1.71. The van der Waals surface area contributed by atoms with E-state index < -0.39 is 0 Å². The number of aryl methyl sites for hydroxylation is 1. The maximum atomic E-state index is 12.5. The van der Waals surface area contributed by atoms with Gasteiger partial charge in [-0.3, -0.25) is 4.79 Å². The normalized spacial score (nSPS) is 19.6. The molecule has 1 aromatic carbocycles. The van der Waals surface area contributed by atoms with Gasteiger partial charge in [0.2, 0.25) is 5.91 Å². The fourth-order valence-corrected chi connectivity index (χ4v) is 4.82. The maximum absolute atomic E-state index is 12.5. The summed E-state index contributed by atoms with van der Waals surface area (Å²) in [6.07, 6.45) is 4.95. The average Bonchev–Trinajstić information content (AvgIpc) is 3.20. The molecule has 0 saturated carbocycles. The summed E-state index contributed by atoms with van der Waals surface area (Å²) in [4.78, 5) is 19.2. The fourth-order valence-electron chi connectivity index (χ4n) is 3.85. The molecule has 0 atom stereocenters. The Balaban J connectivity index is 0.00000169. The zero-order valence-corrected chi connectivity index (χ0v) is 15.4. The second kappa shape index (κ2) is 7.38. The third-order valence-corrected chi connectivity index (χ3v) is 6.50. The lowest BCUT2D eigenvalue weighted by atomic mass is 9.78. The molecular formula is C18H24ClN3OS. The molecular weight excluding hydrogens is 342 g/mol. The van der Waals surface area contributed by atoms with Crippen molar-refractivity contribution in [2.45, 2.75) is 32.1 Å². The number of nitrogens with zero attached hydrogens (tertiary/aromatic N) is 2. The molecule has 4 rings (SSSR count). The first-order valence-electron chi connectivity index (χ1n) is 8.57. The van der Waals surface area contributed by atoms with Crippen LogP contribution in [0.1, 0.15) is 30.7 Å². The number of carbonyl (C=O) groups is 1. The van der Waals surface area contributed by atoms with Crippen LogP contribution in [0, 0.1) is 5.41 Å². The number of para-hydroxylation sites is 1. The highest BCUT2D eigenvalue weighted by Gasteiger charge is 2.37. The molecule has 2 aliphatic heterocycles. The van der Waals surface area contributed by atoms with Crippen LogP contribution >= 0.6 is 23.7 Å². The van der Waals surface area contributed by atoms with Crippen molar-refractivity contribution in [3.63, 3.8) is 0 Å². The predicted octanol–water partition coefficient (Wildman–Crippen LogP) is 3.25. The van der Waals surface area contributed by atoms with Gasteiger partial charge in [0, 0.05) is 32.5 Å². The maximum Gasteiger partial charge on any atom is 0.222 e. The van der Waals surface area contributed by atoms with Crippen molar-refractivity contribution in [3.05, 3.63) is 29.3 Å². The number of fused-ring (bicyclic) bond motifs is 1. The molecule has 1 N–H and O–H groups in total. The second-order valence-electron chi connectivity index (χ2n) is 6.88. The molecule has 0 radical (unpaired) electrons. The number of amides is 1. The van der Waals surface area contributed by atoms with Crippen molar-refractivity contribution in [2.24, 2.45) is 5.41 Å². The van der Waals surface area contributed by atoms with Crippen LogP contribution < -0.4 is 5.32 Å². The van der Waals surface area contributed by atoms with Gasteiger partial charge < -0.3 is 10.2 Å². The summed E-state index contributed by atoms with van der Waals surface area (Å²) in [5.74, 6) is 0.296. The lowest BCUT2D eigenvalue weighted by Crippen LogP contribution is -2.44. The summed E-state index contributed by atoms with van der Waals surface area (Å²) in [5, 5.41) is 4.55. The van der Waals surface area contributed by atoms with Crippen molar-refractivity contribution in [2.75, 3.05) is 26.2 Å². The number of piperidine rings is 1. The van der Waals surface area contributed by atoms with Crippen LogP contribution in [0.25, 0.3) is 10.2 Å². The van der Waals surface area contributed by atoms with Crippen molar-refractivity contribution >= 4 is 39.9 Å². The molecule has 24 heavy (non-hydrogen) atoms. The Hall–Kier alpha value is -1.17. The number of hydrogen-bond donors (Lipinski definition) is 1. The lowest BCUT2D eigenvalue weighted by Gasteiger charge is -2.38. The van der Waals surface area contributed by atoms with Crippen LogP contribution in [0.2, 0.25) is 0 Å². The van der Waals surface area contributed by atoms with Crippen LogP contribution in [0.15, 0.2) is 24.3 Å². The highest BCUT2D eigenvalue weighted by atomic mass is 35.5. The Morgan fingerprint density at radius 2 is 2.04 bits per heavy atom. The molecule has 1 amide bonds. The number of likely N-dealkylation sites (tertiary alicyclic amines) is 1. The van der Waals surface area contributed by atoms with Crippen molar-refractivity contribution in [3.8, 4) is 0 Å². The molecule has 1 spiro atoms. The minimum absolute atomic E-state index is 0. The first-order chi connectivity index (χ1) is 11.2. The zero-order chi connectivity index (χ0) is 15.7. The number of carbonyl (C=O) groups excluding carboxylic acids is 1. The van der Waals surface area contributed by atoms with E-state index in [0.717, 1.165) is 56.0 Å². The quantitative estimate of drug-likeness (QED) is 0.908.